The van der Waals surface area contributed by atoms with Gasteiger partial charge in [0.15, 0.2) is 11.5 Å². The van der Waals surface area contributed by atoms with E-state index in [4.69, 9.17) is 14.2 Å². The monoisotopic (exact) mass is 649 g/mol. The van der Waals surface area contributed by atoms with E-state index in [0.29, 0.717) is 53.9 Å². The molecule has 1 aromatic heterocycles. The van der Waals surface area contributed by atoms with Gasteiger partial charge in [-0.2, -0.15) is 18.4 Å². The van der Waals surface area contributed by atoms with E-state index in [1.165, 1.54) is 25.4 Å². The summed E-state index contributed by atoms with van der Waals surface area (Å²) in [5, 5.41) is 21.3. The van der Waals surface area contributed by atoms with Crippen molar-refractivity contribution in [1.82, 2.24) is 9.47 Å². The third kappa shape index (κ3) is 7.72. The van der Waals surface area contributed by atoms with Gasteiger partial charge in [0.05, 0.1) is 31.8 Å². The minimum atomic E-state index is -4.97. The standard InChI is InChI=1S/C36H38F3N3O5/c1-3-46-34(43)21-26-10-12-32(33(20-26)45-2)47-28-14-16-41(17-15-28)24-35(44,36(37,38)39)30-23-42(18-13-25-7-5-4-6-8-25)31-19-27(22-40)9-11-29(30)31/h4-12,19-20,23,28,44H,3,13-18,21,24H2,1-2H3. The summed E-state index contributed by atoms with van der Waals surface area (Å²) >= 11 is 0. The smallest absolute Gasteiger partial charge is 0.422 e. The minimum absolute atomic E-state index is 0.0934. The van der Waals surface area contributed by atoms with Crippen molar-refractivity contribution in [2.24, 2.45) is 0 Å². The van der Waals surface area contributed by atoms with Crippen LogP contribution in [0.15, 0.2) is 72.9 Å². The van der Waals surface area contributed by atoms with Gasteiger partial charge in [0, 0.05) is 48.8 Å². The summed E-state index contributed by atoms with van der Waals surface area (Å²) in [4.78, 5) is 13.5. The summed E-state index contributed by atoms with van der Waals surface area (Å²) < 4.78 is 63.0. The Bertz CT molecular complexity index is 1730. The lowest BCUT2D eigenvalue weighted by Crippen LogP contribution is -2.53. The predicted octanol–water partition coefficient (Wildman–Crippen LogP) is 6.16. The molecular formula is C36H38F3N3O5. The van der Waals surface area contributed by atoms with Crippen molar-refractivity contribution in [3.63, 3.8) is 0 Å². The van der Waals surface area contributed by atoms with Crippen LogP contribution in [0.2, 0.25) is 0 Å². The van der Waals surface area contributed by atoms with Gasteiger partial charge in [-0.3, -0.25) is 9.69 Å². The number of rotatable bonds is 12. The number of hydrogen-bond acceptors (Lipinski definition) is 7. The third-order valence-electron chi connectivity index (χ3n) is 8.57. The zero-order valence-electron chi connectivity index (χ0n) is 26.4. The van der Waals surface area contributed by atoms with Gasteiger partial charge in [-0.1, -0.05) is 42.5 Å². The molecule has 5 rings (SSSR count). The first-order chi connectivity index (χ1) is 22.5. The second kappa shape index (κ2) is 14.5. The molecule has 11 heteroatoms. The molecule has 1 aliphatic heterocycles. The second-order valence-corrected chi connectivity index (χ2v) is 11.7. The van der Waals surface area contributed by atoms with Crippen LogP contribution in [0.4, 0.5) is 13.2 Å². The van der Waals surface area contributed by atoms with E-state index in [1.54, 1.807) is 40.7 Å². The van der Waals surface area contributed by atoms with Crippen LogP contribution in [0.5, 0.6) is 11.5 Å². The second-order valence-electron chi connectivity index (χ2n) is 11.7. The molecule has 2 heterocycles. The van der Waals surface area contributed by atoms with Gasteiger partial charge in [0.1, 0.15) is 6.10 Å². The molecule has 0 amide bonds. The van der Waals surface area contributed by atoms with Crippen LogP contribution in [0.3, 0.4) is 0 Å². The number of nitriles is 1. The Labute approximate surface area is 271 Å². The molecule has 0 aliphatic carbocycles. The highest BCUT2D eigenvalue weighted by Gasteiger charge is 2.57. The van der Waals surface area contributed by atoms with Crippen molar-refractivity contribution in [1.29, 1.82) is 5.26 Å². The number of likely N-dealkylation sites (tertiary alicyclic amines) is 1. The zero-order valence-corrected chi connectivity index (χ0v) is 26.4. The molecule has 1 aliphatic rings. The molecule has 1 fully saturated rings. The number of methoxy groups -OCH3 is 1. The molecule has 47 heavy (non-hydrogen) atoms. The normalized spacial score (nSPS) is 15.6. The molecule has 0 saturated carbocycles. The summed E-state index contributed by atoms with van der Waals surface area (Å²) in [5.74, 6) is 0.576. The predicted molar refractivity (Wildman–Crippen MR) is 170 cm³/mol. The molecule has 1 N–H and O–H groups in total. The Morgan fingerprint density at radius 2 is 1.77 bits per heavy atom. The number of esters is 1. The maximum Gasteiger partial charge on any atom is 0.422 e. The van der Waals surface area contributed by atoms with Crippen LogP contribution in [-0.4, -0.2) is 66.2 Å². The molecular weight excluding hydrogens is 611 g/mol. The number of benzene rings is 3. The maximum absolute atomic E-state index is 14.9. The van der Waals surface area contributed by atoms with E-state index in [0.717, 1.165) is 5.56 Å². The number of carbonyl (C=O) groups is 1. The lowest BCUT2D eigenvalue weighted by molar-refractivity contribution is -0.272. The summed E-state index contributed by atoms with van der Waals surface area (Å²) in [6.45, 7) is 2.31. The van der Waals surface area contributed by atoms with E-state index in [2.05, 4.69) is 6.07 Å². The highest BCUT2D eigenvalue weighted by Crippen LogP contribution is 2.44. The average Bonchev–Trinajstić information content (AvgIpc) is 3.43. The Morgan fingerprint density at radius 1 is 1.02 bits per heavy atom. The molecule has 1 saturated heterocycles. The van der Waals surface area contributed by atoms with Gasteiger partial charge in [-0.25, -0.2) is 0 Å². The number of carbonyl (C=O) groups excluding carboxylic acids is 1. The summed E-state index contributed by atoms with van der Waals surface area (Å²) in [7, 11) is 1.50. The largest absolute Gasteiger partial charge is 0.493 e. The van der Waals surface area contributed by atoms with Crippen LogP contribution in [-0.2, 0) is 34.5 Å². The lowest BCUT2D eigenvalue weighted by atomic mass is 9.90. The van der Waals surface area contributed by atoms with Crippen molar-refractivity contribution in [2.75, 3.05) is 33.4 Å². The number of halogens is 3. The minimum Gasteiger partial charge on any atom is -0.493 e. The van der Waals surface area contributed by atoms with Crippen molar-refractivity contribution >= 4 is 16.9 Å². The molecule has 4 aromatic rings. The van der Waals surface area contributed by atoms with Gasteiger partial charge in [-0.15, -0.1) is 0 Å². The molecule has 8 nitrogen and oxygen atoms in total. The first kappa shape index (κ1) is 33.8. The Balaban J connectivity index is 1.32. The number of piperidine rings is 1. The molecule has 0 spiro atoms. The SMILES string of the molecule is CCOC(=O)Cc1ccc(OC2CCN(CC(O)(c3cn(CCc4ccccc4)c4cc(C#N)ccc34)C(F)(F)F)CC2)c(OC)c1. The fraction of sp³-hybridized carbons (Fsp3) is 0.389. The van der Waals surface area contributed by atoms with Crippen LogP contribution in [0, 0.1) is 11.3 Å². The molecule has 1 atom stereocenters. The molecule has 3 aromatic carbocycles. The lowest BCUT2D eigenvalue weighted by Gasteiger charge is -2.39. The number of aromatic nitrogens is 1. The quantitative estimate of drug-likeness (QED) is 0.184. The third-order valence-corrected chi connectivity index (χ3v) is 8.57. The fourth-order valence-corrected chi connectivity index (χ4v) is 6.08. The van der Waals surface area contributed by atoms with Crippen LogP contribution in [0.1, 0.15) is 42.0 Å². The van der Waals surface area contributed by atoms with Gasteiger partial charge in [0.2, 0.25) is 5.60 Å². The number of hydrogen-bond donors (Lipinski definition) is 1. The van der Waals surface area contributed by atoms with Crippen molar-refractivity contribution in [3.05, 3.63) is 95.2 Å². The van der Waals surface area contributed by atoms with E-state index in [-0.39, 0.29) is 49.1 Å². The Morgan fingerprint density at radius 3 is 2.43 bits per heavy atom. The topological polar surface area (TPSA) is 97.0 Å². The van der Waals surface area contributed by atoms with Crippen molar-refractivity contribution in [3.8, 4) is 17.6 Å². The summed E-state index contributed by atoms with van der Waals surface area (Å²) in [6, 6.07) is 21.4. The van der Waals surface area contributed by atoms with Crippen molar-refractivity contribution < 1.29 is 37.3 Å². The number of aryl methyl sites for hydroxylation is 2. The number of alkyl halides is 3. The van der Waals surface area contributed by atoms with Gasteiger partial charge < -0.3 is 23.9 Å². The molecule has 0 radical (unpaired) electrons. The van der Waals surface area contributed by atoms with Crippen molar-refractivity contribution in [2.45, 2.75) is 57.0 Å². The zero-order chi connectivity index (χ0) is 33.6. The van der Waals surface area contributed by atoms with E-state index in [1.807, 2.05) is 30.3 Å². The number of nitrogens with zero attached hydrogens (tertiary/aromatic N) is 3. The highest BCUT2D eigenvalue weighted by molar-refractivity contribution is 5.86. The summed E-state index contributed by atoms with van der Waals surface area (Å²) in [5.41, 5.74) is -0.863. The highest BCUT2D eigenvalue weighted by atomic mass is 19.4. The van der Waals surface area contributed by atoms with Crippen LogP contribution >= 0.6 is 0 Å². The average molecular weight is 650 g/mol. The first-order valence-corrected chi connectivity index (χ1v) is 15.6. The Kier molecular flexibility index (Phi) is 10.4. The number of ether oxygens (including phenoxy) is 3. The summed E-state index contributed by atoms with van der Waals surface area (Å²) in [6.07, 6.45) is -2.33. The number of β-amino-alcohol motifs (C(OH)–C–C–N with tert-alkyl or cyclic N) is 1. The van der Waals surface area contributed by atoms with Gasteiger partial charge >= 0.3 is 12.1 Å². The van der Waals surface area contributed by atoms with E-state index < -0.39 is 18.3 Å². The number of aliphatic hydroxyl groups is 1. The fourth-order valence-electron chi connectivity index (χ4n) is 6.08. The molecule has 248 valence electrons. The first-order valence-electron chi connectivity index (χ1n) is 15.6. The van der Waals surface area contributed by atoms with E-state index >= 15 is 0 Å². The van der Waals surface area contributed by atoms with E-state index in [9.17, 15) is 28.3 Å². The van der Waals surface area contributed by atoms with Gasteiger partial charge in [0.25, 0.3) is 0 Å². The Hall–Kier alpha value is -4.53. The molecule has 1 unspecified atom stereocenters. The molecule has 0 bridgehead atoms. The van der Waals surface area contributed by atoms with Crippen LogP contribution in [0.25, 0.3) is 10.9 Å². The van der Waals surface area contributed by atoms with Gasteiger partial charge in [-0.05, 0) is 61.6 Å². The number of fused-ring (bicyclic) bond motifs is 1. The maximum atomic E-state index is 14.9. The van der Waals surface area contributed by atoms with Crippen LogP contribution < -0.4 is 9.47 Å².